The molecule has 0 amide bonds. The fraction of sp³-hybridized carbons (Fsp3) is 0. The number of pyridine rings is 1. The lowest BCUT2D eigenvalue weighted by Gasteiger charge is -2.03. The highest BCUT2D eigenvalue weighted by molar-refractivity contribution is 9.10. The van der Waals surface area contributed by atoms with Gasteiger partial charge in [0.15, 0.2) is 10.8 Å². The van der Waals surface area contributed by atoms with Crippen LogP contribution in [0.5, 0.6) is 0 Å². The molecular formula is C9H4BrClN4O2S. The van der Waals surface area contributed by atoms with Crippen LogP contribution in [0.2, 0.25) is 0 Å². The first kappa shape index (κ1) is 13.0. The second kappa shape index (κ2) is 4.68. The molecule has 18 heavy (non-hydrogen) atoms. The SMILES string of the molecule is N#Cc1cnn(-c2ccc(Br)cn2)c1S(=O)(=O)Cl. The number of nitrogens with zero attached hydrogens (tertiary/aromatic N) is 4. The van der Waals surface area contributed by atoms with Gasteiger partial charge < -0.3 is 0 Å². The van der Waals surface area contributed by atoms with Gasteiger partial charge in [-0.3, -0.25) is 0 Å². The number of aromatic nitrogens is 3. The zero-order valence-electron chi connectivity index (χ0n) is 8.58. The largest absolute Gasteiger partial charge is 0.280 e. The summed E-state index contributed by atoms with van der Waals surface area (Å²) in [6.07, 6.45) is 2.60. The Morgan fingerprint density at radius 3 is 2.61 bits per heavy atom. The molecular weight excluding hydrogens is 344 g/mol. The van der Waals surface area contributed by atoms with Crippen molar-refractivity contribution in [3.05, 3.63) is 34.6 Å². The standard InChI is InChI=1S/C9H4BrClN4O2S/c10-7-1-2-8(13-5-7)15-9(18(11,16)17)6(3-12)4-14-15/h1-2,4-5H. The molecule has 2 heterocycles. The molecule has 0 aliphatic heterocycles. The highest BCUT2D eigenvalue weighted by Crippen LogP contribution is 2.22. The Morgan fingerprint density at radius 2 is 2.11 bits per heavy atom. The molecule has 0 spiro atoms. The summed E-state index contributed by atoms with van der Waals surface area (Å²) < 4.78 is 24.6. The molecule has 2 aromatic heterocycles. The van der Waals surface area contributed by atoms with Crippen LogP contribution in [0, 0.1) is 11.3 Å². The van der Waals surface area contributed by atoms with E-state index in [1.165, 1.54) is 6.20 Å². The Balaban J connectivity index is 2.70. The third-order valence-corrected chi connectivity index (χ3v) is 3.77. The Labute approximate surface area is 115 Å². The van der Waals surface area contributed by atoms with E-state index in [0.717, 1.165) is 15.4 Å². The number of halogens is 2. The second-order valence-electron chi connectivity index (χ2n) is 3.16. The van der Waals surface area contributed by atoms with E-state index in [-0.39, 0.29) is 16.4 Å². The van der Waals surface area contributed by atoms with Crippen LogP contribution in [0.3, 0.4) is 0 Å². The zero-order valence-corrected chi connectivity index (χ0v) is 11.7. The molecule has 2 rings (SSSR count). The molecule has 0 bridgehead atoms. The van der Waals surface area contributed by atoms with Crippen LogP contribution in [-0.2, 0) is 9.05 Å². The molecule has 0 aliphatic carbocycles. The third kappa shape index (κ3) is 2.38. The fourth-order valence-electron chi connectivity index (χ4n) is 1.31. The molecule has 6 nitrogen and oxygen atoms in total. The van der Waals surface area contributed by atoms with Crippen molar-refractivity contribution >= 4 is 35.7 Å². The Hall–Kier alpha value is -1.43. The molecule has 0 saturated carbocycles. The van der Waals surface area contributed by atoms with Gasteiger partial charge in [-0.2, -0.15) is 10.4 Å². The topological polar surface area (TPSA) is 88.6 Å². The molecule has 2 aromatic rings. The molecule has 0 aliphatic rings. The Bertz CT molecular complexity index is 733. The smallest absolute Gasteiger partial charge is 0.236 e. The van der Waals surface area contributed by atoms with Crippen molar-refractivity contribution in [3.8, 4) is 11.9 Å². The van der Waals surface area contributed by atoms with Gasteiger partial charge in [-0.15, -0.1) is 0 Å². The van der Waals surface area contributed by atoms with E-state index >= 15 is 0 Å². The summed E-state index contributed by atoms with van der Waals surface area (Å²) in [5, 5.41) is 12.3. The number of hydrogen-bond acceptors (Lipinski definition) is 5. The van der Waals surface area contributed by atoms with E-state index in [9.17, 15) is 8.42 Å². The lowest BCUT2D eigenvalue weighted by atomic mass is 10.4. The molecule has 0 radical (unpaired) electrons. The zero-order chi connectivity index (χ0) is 13.3. The van der Waals surface area contributed by atoms with Crippen molar-refractivity contribution in [2.45, 2.75) is 5.03 Å². The average Bonchev–Trinajstić information content (AvgIpc) is 2.73. The van der Waals surface area contributed by atoms with Gasteiger partial charge in [0, 0.05) is 21.4 Å². The van der Waals surface area contributed by atoms with Gasteiger partial charge in [-0.1, -0.05) is 0 Å². The van der Waals surface area contributed by atoms with Crippen molar-refractivity contribution in [2.24, 2.45) is 0 Å². The lowest BCUT2D eigenvalue weighted by Crippen LogP contribution is -2.07. The maximum absolute atomic E-state index is 11.5. The van der Waals surface area contributed by atoms with E-state index in [0.29, 0.717) is 0 Å². The molecule has 0 aromatic carbocycles. The fourth-order valence-corrected chi connectivity index (χ4v) is 2.69. The van der Waals surface area contributed by atoms with Gasteiger partial charge in [-0.05, 0) is 28.1 Å². The molecule has 0 unspecified atom stereocenters. The summed E-state index contributed by atoms with van der Waals surface area (Å²) in [5.74, 6) is 0.249. The van der Waals surface area contributed by atoms with Crippen LogP contribution in [0.1, 0.15) is 5.56 Å². The minimum absolute atomic E-state index is 0.130. The highest BCUT2D eigenvalue weighted by atomic mass is 79.9. The van der Waals surface area contributed by atoms with Gasteiger partial charge in [-0.25, -0.2) is 18.1 Å². The highest BCUT2D eigenvalue weighted by Gasteiger charge is 2.24. The molecule has 0 atom stereocenters. The van der Waals surface area contributed by atoms with Gasteiger partial charge in [0.1, 0.15) is 11.6 Å². The minimum Gasteiger partial charge on any atom is -0.236 e. The van der Waals surface area contributed by atoms with Crippen molar-refractivity contribution in [3.63, 3.8) is 0 Å². The first-order valence-corrected chi connectivity index (χ1v) is 7.58. The van der Waals surface area contributed by atoms with Crippen LogP contribution in [0.4, 0.5) is 0 Å². The summed E-state index contributed by atoms with van der Waals surface area (Å²) in [5.41, 5.74) is -0.130. The normalized spacial score (nSPS) is 11.2. The van der Waals surface area contributed by atoms with Gasteiger partial charge in [0.25, 0.3) is 9.05 Å². The van der Waals surface area contributed by atoms with Gasteiger partial charge in [0.05, 0.1) is 6.20 Å². The van der Waals surface area contributed by atoms with Gasteiger partial charge >= 0.3 is 0 Å². The van der Waals surface area contributed by atoms with Crippen LogP contribution >= 0.6 is 26.6 Å². The Kier molecular flexibility index (Phi) is 3.38. The first-order valence-electron chi connectivity index (χ1n) is 4.48. The number of rotatable bonds is 2. The van der Waals surface area contributed by atoms with Crippen molar-refractivity contribution in [1.82, 2.24) is 14.8 Å². The predicted octanol–water partition coefficient (Wildman–Crippen LogP) is 1.83. The summed E-state index contributed by atoms with van der Waals surface area (Å²) in [6, 6.07) is 4.93. The van der Waals surface area contributed by atoms with Crippen molar-refractivity contribution in [2.75, 3.05) is 0 Å². The first-order chi connectivity index (χ1) is 8.43. The van der Waals surface area contributed by atoms with Crippen molar-refractivity contribution < 1.29 is 8.42 Å². The monoisotopic (exact) mass is 346 g/mol. The van der Waals surface area contributed by atoms with Gasteiger partial charge in [0.2, 0.25) is 0 Å². The Morgan fingerprint density at radius 1 is 1.39 bits per heavy atom. The third-order valence-electron chi connectivity index (χ3n) is 2.01. The summed E-state index contributed by atoms with van der Waals surface area (Å²) in [6.45, 7) is 0. The predicted molar refractivity (Wildman–Crippen MR) is 66.8 cm³/mol. The average molecular weight is 348 g/mol. The van der Waals surface area contributed by atoms with E-state index in [4.69, 9.17) is 15.9 Å². The van der Waals surface area contributed by atoms with Crippen molar-refractivity contribution in [1.29, 1.82) is 5.26 Å². The summed E-state index contributed by atoms with van der Waals surface area (Å²) >= 11 is 3.21. The molecule has 9 heteroatoms. The maximum Gasteiger partial charge on any atom is 0.280 e. The van der Waals surface area contributed by atoms with Crippen LogP contribution in [0.15, 0.2) is 34.0 Å². The second-order valence-corrected chi connectivity index (χ2v) is 6.56. The number of hydrogen-bond donors (Lipinski definition) is 0. The van der Waals surface area contributed by atoms with E-state index < -0.39 is 9.05 Å². The minimum atomic E-state index is -4.09. The molecule has 0 fully saturated rings. The van der Waals surface area contributed by atoms with Crippen LogP contribution in [-0.4, -0.2) is 23.2 Å². The molecule has 92 valence electrons. The van der Waals surface area contributed by atoms with Crippen LogP contribution < -0.4 is 0 Å². The lowest BCUT2D eigenvalue weighted by molar-refractivity contribution is 0.598. The maximum atomic E-state index is 11.5. The van der Waals surface area contributed by atoms with Crippen LogP contribution in [0.25, 0.3) is 5.82 Å². The van der Waals surface area contributed by atoms with E-state index in [2.05, 4.69) is 26.0 Å². The summed E-state index contributed by atoms with van der Waals surface area (Å²) in [7, 11) is 1.20. The molecule has 0 N–H and O–H groups in total. The van der Waals surface area contributed by atoms with E-state index in [1.807, 2.05) is 0 Å². The number of nitriles is 1. The quantitative estimate of drug-likeness (QED) is 0.773. The molecule has 0 saturated heterocycles. The van der Waals surface area contributed by atoms with E-state index in [1.54, 1.807) is 18.2 Å². The summed E-state index contributed by atoms with van der Waals surface area (Å²) in [4.78, 5) is 3.99.